The van der Waals surface area contributed by atoms with E-state index in [2.05, 4.69) is 10.5 Å². The summed E-state index contributed by atoms with van der Waals surface area (Å²) in [5.41, 5.74) is 1.77. The summed E-state index contributed by atoms with van der Waals surface area (Å²) in [6.45, 7) is 4.54. The zero-order chi connectivity index (χ0) is 18.0. The van der Waals surface area contributed by atoms with Gasteiger partial charge < -0.3 is 19.5 Å². The Bertz CT molecular complexity index is 873. The molecule has 134 valence electrons. The van der Waals surface area contributed by atoms with Crippen LogP contribution in [-0.4, -0.2) is 42.4 Å². The Labute approximate surface area is 148 Å². The van der Waals surface area contributed by atoms with Crippen LogP contribution in [0, 0.1) is 0 Å². The Hall–Kier alpha value is -2.55. The molecule has 1 N–H and O–H groups in total. The molecule has 2 amide bonds. The third-order valence-corrected chi connectivity index (χ3v) is 4.91. The SMILES string of the molecule is CCON=c1sc2cc(N3C[C@H](CNC(C)=O)OC3=O)ccc2n1C. The largest absolute Gasteiger partial charge is 0.442 e. The number of anilines is 1. The average molecular weight is 364 g/mol. The zero-order valence-electron chi connectivity index (χ0n) is 14.3. The van der Waals surface area contributed by atoms with Gasteiger partial charge in [0.1, 0.15) is 12.7 Å². The molecule has 8 nitrogen and oxygen atoms in total. The quantitative estimate of drug-likeness (QED) is 0.816. The maximum absolute atomic E-state index is 12.1. The molecule has 25 heavy (non-hydrogen) atoms. The van der Waals surface area contributed by atoms with E-state index < -0.39 is 6.09 Å². The van der Waals surface area contributed by atoms with E-state index in [9.17, 15) is 9.59 Å². The van der Waals surface area contributed by atoms with E-state index >= 15 is 0 Å². The van der Waals surface area contributed by atoms with E-state index in [4.69, 9.17) is 9.57 Å². The number of benzene rings is 1. The van der Waals surface area contributed by atoms with E-state index in [0.29, 0.717) is 19.7 Å². The Morgan fingerprint density at radius 3 is 3.04 bits per heavy atom. The maximum atomic E-state index is 12.1. The van der Waals surface area contributed by atoms with Crippen LogP contribution in [0.3, 0.4) is 0 Å². The number of ether oxygens (including phenoxy) is 1. The zero-order valence-corrected chi connectivity index (χ0v) is 15.1. The second-order valence-corrected chi connectivity index (χ2v) is 6.67. The topological polar surface area (TPSA) is 85.2 Å². The van der Waals surface area contributed by atoms with Crippen LogP contribution in [0.15, 0.2) is 23.4 Å². The predicted octanol–water partition coefficient (Wildman–Crippen LogP) is 1.55. The fraction of sp³-hybridized carbons (Fsp3) is 0.438. The number of rotatable bonds is 5. The summed E-state index contributed by atoms with van der Waals surface area (Å²) in [7, 11) is 1.92. The summed E-state index contributed by atoms with van der Waals surface area (Å²) in [4.78, 5) is 30.6. The van der Waals surface area contributed by atoms with E-state index in [0.717, 1.165) is 20.7 Å². The van der Waals surface area contributed by atoms with Crippen LogP contribution >= 0.6 is 11.3 Å². The highest BCUT2D eigenvalue weighted by molar-refractivity contribution is 7.16. The number of carbonyl (C=O) groups excluding carboxylic acids is 2. The highest BCUT2D eigenvalue weighted by Gasteiger charge is 2.32. The molecule has 1 atom stereocenters. The van der Waals surface area contributed by atoms with Crippen LogP contribution in [0.2, 0.25) is 0 Å². The lowest BCUT2D eigenvalue weighted by Gasteiger charge is -2.13. The number of fused-ring (bicyclic) bond motifs is 1. The number of nitrogens with one attached hydrogen (secondary N) is 1. The van der Waals surface area contributed by atoms with Crippen LogP contribution in [0.5, 0.6) is 0 Å². The number of aromatic nitrogens is 1. The fourth-order valence-corrected chi connectivity index (χ4v) is 3.61. The van der Waals surface area contributed by atoms with Crippen LogP contribution in [0.4, 0.5) is 10.5 Å². The molecule has 1 aromatic carbocycles. The molecule has 0 spiro atoms. The van der Waals surface area contributed by atoms with Crippen molar-refractivity contribution in [1.82, 2.24) is 9.88 Å². The summed E-state index contributed by atoms with van der Waals surface area (Å²) >= 11 is 1.49. The summed E-state index contributed by atoms with van der Waals surface area (Å²) < 4.78 is 8.25. The van der Waals surface area contributed by atoms with E-state index in [1.54, 1.807) is 4.90 Å². The molecule has 0 bridgehead atoms. The molecule has 0 aliphatic carbocycles. The van der Waals surface area contributed by atoms with Crippen molar-refractivity contribution in [2.75, 3.05) is 24.6 Å². The summed E-state index contributed by atoms with van der Waals surface area (Å²) in [5.74, 6) is -0.146. The first kappa shape index (κ1) is 17.3. The van der Waals surface area contributed by atoms with Gasteiger partial charge in [-0.05, 0) is 25.1 Å². The summed E-state index contributed by atoms with van der Waals surface area (Å²) in [6.07, 6.45) is -0.759. The number of amides is 2. The number of carbonyl (C=O) groups is 2. The Morgan fingerprint density at radius 2 is 2.32 bits per heavy atom. The molecule has 2 aromatic rings. The van der Waals surface area contributed by atoms with Crippen LogP contribution in [0.25, 0.3) is 10.2 Å². The normalized spacial score (nSPS) is 17.9. The van der Waals surface area contributed by atoms with Gasteiger partial charge in [-0.1, -0.05) is 16.5 Å². The lowest BCUT2D eigenvalue weighted by atomic mass is 10.2. The number of nitrogens with zero attached hydrogens (tertiary/aromatic N) is 3. The second-order valence-electron chi connectivity index (χ2n) is 5.66. The Kier molecular flexibility index (Phi) is 4.93. The Morgan fingerprint density at radius 1 is 1.52 bits per heavy atom. The molecular formula is C16H20N4O4S. The van der Waals surface area contributed by atoms with Gasteiger partial charge in [0.05, 0.1) is 23.3 Å². The van der Waals surface area contributed by atoms with Crippen molar-refractivity contribution in [2.45, 2.75) is 20.0 Å². The van der Waals surface area contributed by atoms with Crippen molar-refractivity contribution in [3.05, 3.63) is 23.0 Å². The van der Waals surface area contributed by atoms with E-state index in [-0.39, 0.29) is 12.0 Å². The Balaban J connectivity index is 1.84. The van der Waals surface area contributed by atoms with Gasteiger partial charge in [0, 0.05) is 19.7 Å². The molecule has 2 heterocycles. The van der Waals surface area contributed by atoms with Gasteiger partial charge in [0.2, 0.25) is 10.7 Å². The molecule has 1 fully saturated rings. The first-order chi connectivity index (χ1) is 12.0. The molecule has 1 saturated heterocycles. The van der Waals surface area contributed by atoms with Crippen LogP contribution < -0.4 is 15.0 Å². The molecule has 1 aliphatic heterocycles. The fourth-order valence-electron chi connectivity index (χ4n) is 2.60. The highest BCUT2D eigenvalue weighted by Crippen LogP contribution is 2.27. The van der Waals surface area contributed by atoms with Gasteiger partial charge in [0.15, 0.2) is 0 Å². The van der Waals surface area contributed by atoms with Crippen molar-refractivity contribution in [1.29, 1.82) is 0 Å². The second kappa shape index (κ2) is 7.14. The predicted molar refractivity (Wildman–Crippen MR) is 94.3 cm³/mol. The van der Waals surface area contributed by atoms with Gasteiger partial charge in [-0.2, -0.15) is 0 Å². The van der Waals surface area contributed by atoms with E-state index in [1.807, 2.05) is 36.7 Å². The number of aryl methyl sites for hydroxylation is 1. The highest BCUT2D eigenvalue weighted by atomic mass is 32.1. The minimum atomic E-state index is -0.408. The molecule has 0 radical (unpaired) electrons. The van der Waals surface area contributed by atoms with Crippen molar-refractivity contribution in [3.8, 4) is 0 Å². The number of cyclic esters (lactones) is 1. The van der Waals surface area contributed by atoms with Crippen molar-refractivity contribution < 1.29 is 19.2 Å². The molecule has 1 aliphatic rings. The molecule has 9 heteroatoms. The van der Waals surface area contributed by atoms with Gasteiger partial charge in [-0.3, -0.25) is 9.69 Å². The van der Waals surface area contributed by atoms with Crippen molar-refractivity contribution in [2.24, 2.45) is 12.2 Å². The first-order valence-corrected chi connectivity index (χ1v) is 8.79. The van der Waals surface area contributed by atoms with Gasteiger partial charge in [0.25, 0.3) is 0 Å². The van der Waals surface area contributed by atoms with Gasteiger partial charge in [-0.15, -0.1) is 0 Å². The summed E-state index contributed by atoms with van der Waals surface area (Å²) in [5, 5.41) is 6.76. The molecule has 1 aromatic heterocycles. The lowest BCUT2D eigenvalue weighted by molar-refractivity contribution is -0.119. The lowest BCUT2D eigenvalue weighted by Crippen LogP contribution is -2.33. The third-order valence-electron chi connectivity index (χ3n) is 3.83. The number of hydrogen-bond acceptors (Lipinski definition) is 6. The van der Waals surface area contributed by atoms with Crippen LogP contribution in [0.1, 0.15) is 13.8 Å². The van der Waals surface area contributed by atoms with Gasteiger partial charge >= 0.3 is 6.09 Å². The van der Waals surface area contributed by atoms with Crippen molar-refractivity contribution >= 4 is 39.2 Å². The molecule has 0 saturated carbocycles. The minimum Gasteiger partial charge on any atom is -0.442 e. The van der Waals surface area contributed by atoms with E-state index in [1.165, 1.54) is 18.3 Å². The standard InChI is InChI=1S/C16H20N4O4S/c1-4-23-18-15-19(3)13-6-5-11(7-14(13)25-15)20-9-12(24-16(20)22)8-17-10(2)21/h5-7,12H,4,8-9H2,1-3H3,(H,17,21)/t12-/m0/s1. The van der Waals surface area contributed by atoms with Gasteiger partial charge in [-0.25, -0.2) is 4.79 Å². The molecule has 0 unspecified atom stereocenters. The molecular weight excluding hydrogens is 344 g/mol. The monoisotopic (exact) mass is 364 g/mol. The smallest absolute Gasteiger partial charge is 0.414 e. The minimum absolute atomic E-state index is 0.146. The third kappa shape index (κ3) is 3.60. The average Bonchev–Trinajstić information content (AvgIpc) is 3.11. The number of hydrogen-bond donors (Lipinski definition) is 1. The van der Waals surface area contributed by atoms with Crippen molar-refractivity contribution in [3.63, 3.8) is 0 Å². The number of thiazole rings is 1. The summed E-state index contributed by atoms with van der Waals surface area (Å²) in [6, 6.07) is 5.76. The van der Waals surface area contributed by atoms with Crippen LogP contribution in [-0.2, 0) is 21.4 Å². The molecule has 3 rings (SSSR count). The maximum Gasteiger partial charge on any atom is 0.414 e. The first-order valence-electron chi connectivity index (χ1n) is 7.97.